The van der Waals surface area contributed by atoms with Gasteiger partial charge in [0.2, 0.25) is 0 Å². The Hall–Kier alpha value is -4.46. The second-order valence-corrected chi connectivity index (χ2v) is 8.81. The molecule has 182 valence electrons. The summed E-state index contributed by atoms with van der Waals surface area (Å²) in [5, 5.41) is 14.4. The van der Waals surface area contributed by atoms with Crippen LogP contribution in [0, 0.1) is 13.8 Å². The third-order valence-corrected chi connectivity index (χ3v) is 6.33. The summed E-state index contributed by atoms with van der Waals surface area (Å²) in [6, 6.07) is 15.5. The maximum Gasteiger partial charge on any atom is 0.304 e. The van der Waals surface area contributed by atoms with Crippen molar-refractivity contribution in [3.05, 3.63) is 107 Å². The topological polar surface area (TPSA) is 103 Å². The van der Waals surface area contributed by atoms with E-state index in [1.54, 1.807) is 12.3 Å². The fraction of sp³-hybridized carbons (Fsp3) is 0.214. The molecule has 0 amide bonds. The lowest BCUT2D eigenvalue weighted by Crippen LogP contribution is -2.08. The Morgan fingerprint density at radius 1 is 1.06 bits per heavy atom. The second-order valence-electron chi connectivity index (χ2n) is 8.81. The van der Waals surface area contributed by atoms with E-state index < -0.39 is 5.97 Å². The van der Waals surface area contributed by atoms with Crippen LogP contribution in [0.1, 0.15) is 46.1 Å². The van der Waals surface area contributed by atoms with Crippen molar-refractivity contribution in [3.8, 4) is 5.75 Å². The lowest BCUT2D eigenvalue weighted by molar-refractivity contribution is -0.137. The van der Waals surface area contributed by atoms with Gasteiger partial charge in [-0.2, -0.15) is 0 Å². The van der Waals surface area contributed by atoms with Crippen LogP contribution in [0.4, 0.5) is 0 Å². The Morgan fingerprint density at radius 2 is 1.89 bits per heavy atom. The minimum Gasteiger partial charge on any atom is -0.489 e. The zero-order chi connectivity index (χ0) is 25.1. The molecular weight excluding hydrogens is 456 g/mol. The van der Waals surface area contributed by atoms with E-state index in [0.29, 0.717) is 24.6 Å². The van der Waals surface area contributed by atoms with Crippen molar-refractivity contribution in [1.82, 2.24) is 19.7 Å². The highest BCUT2D eigenvalue weighted by Gasteiger charge is 2.20. The average Bonchev–Trinajstić information content (AvgIpc) is 3.55. The molecule has 1 N–H and O–H groups in total. The summed E-state index contributed by atoms with van der Waals surface area (Å²) >= 11 is 0. The summed E-state index contributed by atoms with van der Waals surface area (Å²) in [6.45, 7) is 5.09. The van der Waals surface area contributed by atoms with Crippen molar-refractivity contribution in [2.45, 2.75) is 39.3 Å². The largest absolute Gasteiger partial charge is 0.489 e. The van der Waals surface area contributed by atoms with Crippen LogP contribution in [0.3, 0.4) is 0 Å². The Labute approximate surface area is 208 Å². The molecule has 3 aromatic heterocycles. The number of ether oxygens (including phenoxy) is 1. The first-order chi connectivity index (χ1) is 17.5. The van der Waals surface area contributed by atoms with Gasteiger partial charge in [-0.15, -0.1) is 0 Å². The van der Waals surface area contributed by atoms with Crippen LogP contribution in [-0.2, 0) is 17.9 Å². The average molecular weight is 483 g/mol. The van der Waals surface area contributed by atoms with Gasteiger partial charge in [0.15, 0.2) is 0 Å². The van der Waals surface area contributed by atoms with Crippen molar-refractivity contribution >= 4 is 16.9 Å². The molecule has 2 aromatic carbocycles. The van der Waals surface area contributed by atoms with E-state index in [4.69, 9.17) is 9.26 Å². The first-order valence-electron chi connectivity index (χ1n) is 11.7. The van der Waals surface area contributed by atoms with Gasteiger partial charge >= 0.3 is 5.97 Å². The van der Waals surface area contributed by atoms with Crippen LogP contribution in [0.25, 0.3) is 10.9 Å². The molecule has 36 heavy (non-hydrogen) atoms. The molecule has 0 saturated heterocycles. The molecule has 5 rings (SSSR count). The third-order valence-electron chi connectivity index (χ3n) is 6.33. The van der Waals surface area contributed by atoms with Gasteiger partial charge in [0.25, 0.3) is 0 Å². The SMILES string of the molecule is Cc1cnc(Cn2ccc3ccc(COc4ccc([C@H](CC(=O)O)c5ccon5)cc4)c(C)c32)cn1. The van der Waals surface area contributed by atoms with Crippen molar-refractivity contribution in [2.75, 3.05) is 0 Å². The number of rotatable bonds is 9. The number of carbonyl (C=O) groups is 1. The smallest absolute Gasteiger partial charge is 0.304 e. The Morgan fingerprint density at radius 3 is 2.58 bits per heavy atom. The molecule has 1 atom stereocenters. The molecule has 0 aliphatic carbocycles. The zero-order valence-electron chi connectivity index (χ0n) is 20.1. The van der Waals surface area contributed by atoms with Gasteiger partial charge in [0.1, 0.15) is 18.6 Å². The fourth-order valence-electron chi connectivity index (χ4n) is 4.41. The van der Waals surface area contributed by atoms with Crippen molar-refractivity contribution in [1.29, 1.82) is 0 Å². The molecule has 0 spiro atoms. The van der Waals surface area contributed by atoms with E-state index in [1.807, 2.05) is 37.4 Å². The number of carboxylic acids is 1. The molecule has 0 fully saturated rings. The van der Waals surface area contributed by atoms with Crippen LogP contribution in [-0.4, -0.2) is 30.8 Å². The van der Waals surface area contributed by atoms with Crippen LogP contribution < -0.4 is 4.74 Å². The number of nitrogens with zero attached hydrogens (tertiary/aromatic N) is 4. The van der Waals surface area contributed by atoms with E-state index in [-0.39, 0.29) is 12.3 Å². The Bertz CT molecular complexity index is 1470. The number of hydrogen-bond donors (Lipinski definition) is 1. The van der Waals surface area contributed by atoms with E-state index in [0.717, 1.165) is 39.0 Å². The predicted octanol–water partition coefficient (Wildman–Crippen LogP) is 5.27. The number of hydrogen-bond acceptors (Lipinski definition) is 6. The fourth-order valence-corrected chi connectivity index (χ4v) is 4.41. The lowest BCUT2D eigenvalue weighted by Gasteiger charge is -2.15. The quantitative estimate of drug-likeness (QED) is 0.305. The maximum atomic E-state index is 11.4. The van der Waals surface area contributed by atoms with Crippen LogP contribution >= 0.6 is 0 Å². The number of fused-ring (bicyclic) bond motifs is 1. The highest BCUT2D eigenvalue weighted by molar-refractivity contribution is 5.84. The van der Waals surface area contributed by atoms with Gasteiger partial charge in [-0.3, -0.25) is 14.8 Å². The highest BCUT2D eigenvalue weighted by atomic mass is 16.5. The second kappa shape index (κ2) is 10.0. The number of benzene rings is 2. The van der Waals surface area contributed by atoms with Crippen LogP contribution in [0.2, 0.25) is 0 Å². The zero-order valence-corrected chi connectivity index (χ0v) is 20.1. The summed E-state index contributed by atoms with van der Waals surface area (Å²) < 4.78 is 13.2. The van der Waals surface area contributed by atoms with Crippen molar-refractivity contribution in [2.24, 2.45) is 0 Å². The minimum atomic E-state index is -0.895. The normalized spacial score (nSPS) is 12.1. The number of carboxylic acid groups (broad SMARTS) is 1. The minimum absolute atomic E-state index is 0.0697. The van der Waals surface area contributed by atoms with Gasteiger partial charge in [-0.1, -0.05) is 29.4 Å². The maximum absolute atomic E-state index is 11.4. The molecule has 0 unspecified atom stereocenters. The molecular formula is C28H26N4O4. The van der Waals surface area contributed by atoms with E-state index in [1.165, 1.54) is 6.26 Å². The lowest BCUT2D eigenvalue weighted by atomic mass is 9.92. The van der Waals surface area contributed by atoms with Crippen LogP contribution in [0.15, 0.2) is 77.9 Å². The standard InChI is InChI=1S/C28H26N4O4/c1-18-14-30-23(15-29-18)16-32-11-9-21-3-4-22(19(2)28(21)32)17-35-24-7-5-20(6-8-24)25(13-27(33)34)26-10-12-36-31-26/h3-12,14-15,25H,13,16-17H2,1-2H3,(H,33,34)/t25-/m0/s1. The Kier molecular flexibility index (Phi) is 6.49. The summed E-state index contributed by atoms with van der Waals surface area (Å²) in [4.78, 5) is 20.2. The predicted molar refractivity (Wildman–Crippen MR) is 134 cm³/mol. The highest BCUT2D eigenvalue weighted by Crippen LogP contribution is 2.29. The van der Waals surface area contributed by atoms with Gasteiger partial charge in [-0.25, -0.2) is 0 Å². The first kappa shape index (κ1) is 23.3. The van der Waals surface area contributed by atoms with Gasteiger partial charge in [0.05, 0.1) is 41.8 Å². The van der Waals surface area contributed by atoms with Crippen molar-refractivity contribution in [3.63, 3.8) is 0 Å². The van der Waals surface area contributed by atoms with Crippen LogP contribution in [0.5, 0.6) is 5.75 Å². The molecule has 0 bridgehead atoms. The van der Waals surface area contributed by atoms with Gasteiger partial charge in [0, 0.05) is 24.4 Å². The molecule has 3 heterocycles. The molecule has 0 aliphatic heterocycles. The monoisotopic (exact) mass is 482 g/mol. The third kappa shape index (κ3) is 4.98. The molecule has 0 aliphatic rings. The van der Waals surface area contributed by atoms with E-state index >= 15 is 0 Å². The summed E-state index contributed by atoms with van der Waals surface area (Å²) in [5.41, 5.74) is 6.64. The molecule has 8 nitrogen and oxygen atoms in total. The molecule has 0 saturated carbocycles. The van der Waals surface area contributed by atoms with Crippen molar-refractivity contribution < 1.29 is 19.2 Å². The molecule has 0 radical (unpaired) electrons. The van der Waals surface area contributed by atoms with E-state index in [2.05, 4.69) is 51.0 Å². The summed E-state index contributed by atoms with van der Waals surface area (Å²) in [7, 11) is 0. The molecule has 8 heteroatoms. The summed E-state index contributed by atoms with van der Waals surface area (Å²) in [6.07, 6.45) is 7.06. The summed E-state index contributed by atoms with van der Waals surface area (Å²) in [5.74, 6) is -0.572. The number of aromatic nitrogens is 4. The first-order valence-corrected chi connectivity index (χ1v) is 11.7. The molecule has 5 aromatic rings. The van der Waals surface area contributed by atoms with Gasteiger partial charge < -0.3 is 18.9 Å². The number of aryl methyl sites for hydroxylation is 2. The van der Waals surface area contributed by atoms with Gasteiger partial charge in [-0.05, 0) is 54.1 Å². The van der Waals surface area contributed by atoms with E-state index in [9.17, 15) is 9.90 Å². The Balaban J connectivity index is 1.32. The number of aliphatic carboxylic acids is 1.